The normalized spacial score (nSPS) is 14.0. The van der Waals surface area contributed by atoms with Gasteiger partial charge in [0, 0.05) is 6.42 Å². The lowest BCUT2D eigenvalue weighted by molar-refractivity contribution is -0.143. The molecule has 26 heavy (non-hydrogen) atoms. The molecule has 148 valence electrons. The molecule has 0 aromatic heterocycles. The second kappa shape index (κ2) is 11.0. The SMILES string of the molecule is CC(NC(=O)C(N)C(C)C)C(=O)NCC(=O)NC(CCC(=O)O)C(=O)O. The zero-order valence-corrected chi connectivity index (χ0v) is 14.9. The molecule has 0 rings (SSSR count). The molecule has 0 aliphatic carbocycles. The predicted octanol–water partition coefficient (Wildman–Crippen LogP) is -1.98. The van der Waals surface area contributed by atoms with Crippen LogP contribution in [0.2, 0.25) is 0 Å². The highest BCUT2D eigenvalue weighted by Gasteiger charge is 2.24. The van der Waals surface area contributed by atoms with E-state index in [1.165, 1.54) is 6.92 Å². The molecule has 0 fully saturated rings. The summed E-state index contributed by atoms with van der Waals surface area (Å²) in [4.78, 5) is 56.8. The molecule has 0 bridgehead atoms. The number of nitrogens with one attached hydrogen (secondary N) is 3. The van der Waals surface area contributed by atoms with Crippen LogP contribution in [0.5, 0.6) is 0 Å². The van der Waals surface area contributed by atoms with Gasteiger partial charge in [-0.2, -0.15) is 0 Å². The highest BCUT2D eigenvalue weighted by molar-refractivity contribution is 5.92. The number of hydrogen-bond donors (Lipinski definition) is 6. The minimum absolute atomic E-state index is 0.116. The van der Waals surface area contributed by atoms with Crippen LogP contribution in [0.4, 0.5) is 0 Å². The third-order valence-corrected chi connectivity index (χ3v) is 3.48. The monoisotopic (exact) mass is 374 g/mol. The topological polar surface area (TPSA) is 188 Å². The molecule has 0 aromatic carbocycles. The second-order valence-corrected chi connectivity index (χ2v) is 6.11. The number of aliphatic carboxylic acids is 2. The zero-order valence-electron chi connectivity index (χ0n) is 14.9. The second-order valence-electron chi connectivity index (χ2n) is 6.11. The molecule has 0 aromatic rings. The van der Waals surface area contributed by atoms with E-state index in [4.69, 9.17) is 15.9 Å². The Kier molecular flexibility index (Phi) is 9.89. The summed E-state index contributed by atoms with van der Waals surface area (Å²) in [6.07, 6.45) is -0.716. The van der Waals surface area contributed by atoms with E-state index in [2.05, 4.69) is 16.0 Å². The number of rotatable bonds is 11. The van der Waals surface area contributed by atoms with Gasteiger partial charge >= 0.3 is 11.9 Å². The standard InChI is InChI=1S/C15H26N4O7/c1-7(2)12(16)14(24)18-8(3)13(23)17-6-10(20)19-9(15(25)26)4-5-11(21)22/h7-9,12H,4-6,16H2,1-3H3,(H,17,23)(H,18,24)(H,19,20)(H,21,22)(H,25,26). The maximum atomic E-state index is 11.9. The zero-order chi connectivity index (χ0) is 20.4. The van der Waals surface area contributed by atoms with E-state index in [0.717, 1.165) is 0 Å². The van der Waals surface area contributed by atoms with E-state index in [1.54, 1.807) is 13.8 Å². The Labute approximate surface area is 150 Å². The van der Waals surface area contributed by atoms with Crippen LogP contribution >= 0.6 is 0 Å². The number of carboxylic acids is 2. The Morgan fingerprint density at radius 2 is 1.54 bits per heavy atom. The van der Waals surface area contributed by atoms with Crippen molar-refractivity contribution in [1.82, 2.24) is 16.0 Å². The van der Waals surface area contributed by atoms with Crippen molar-refractivity contribution in [2.45, 2.75) is 51.7 Å². The Balaban J connectivity index is 4.42. The fourth-order valence-electron chi connectivity index (χ4n) is 1.77. The first kappa shape index (κ1) is 23.3. The van der Waals surface area contributed by atoms with Crippen molar-refractivity contribution in [3.63, 3.8) is 0 Å². The van der Waals surface area contributed by atoms with Crippen molar-refractivity contribution < 1.29 is 34.2 Å². The molecule has 0 radical (unpaired) electrons. The summed E-state index contributed by atoms with van der Waals surface area (Å²) in [7, 11) is 0. The number of nitrogens with two attached hydrogens (primary N) is 1. The van der Waals surface area contributed by atoms with Crippen LogP contribution in [-0.2, 0) is 24.0 Å². The van der Waals surface area contributed by atoms with Crippen molar-refractivity contribution in [2.75, 3.05) is 6.54 Å². The van der Waals surface area contributed by atoms with Crippen LogP contribution < -0.4 is 21.7 Å². The molecule has 0 aliphatic rings. The van der Waals surface area contributed by atoms with Gasteiger partial charge in [-0.3, -0.25) is 19.2 Å². The van der Waals surface area contributed by atoms with Crippen LogP contribution in [0.25, 0.3) is 0 Å². The number of carbonyl (C=O) groups excluding carboxylic acids is 3. The lowest BCUT2D eigenvalue weighted by atomic mass is 10.0. The fourth-order valence-corrected chi connectivity index (χ4v) is 1.77. The molecule has 0 saturated carbocycles. The smallest absolute Gasteiger partial charge is 0.326 e. The van der Waals surface area contributed by atoms with E-state index in [9.17, 15) is 24.0 Å². The van der Waals surface area contributed by atoms with Crippen LogP contribution in [0.3, 0.4) is 0 Å². The van der Waals surface area contributed by atoms with Gasteiger partial charge in [0.05, 0.1) is 12.6 Å². The minimum atomic E-state index is -1.38. The Morgan fingerprint density at radius 3 is 2.00 bits per heavy atom. The number of amides is 3. The average Bonchev–Trinajstić information content (AvgIpc) is 2.54. The lowest BCUT2D eigenvalue weighted by Gasteiger charge is -2.19. The van der Waals surface area contributed by atoms with Gasteiger partial charge in [0.15, 0.2) is 0 Å². The summed E-state index contributed by atoms with van der Waals surface area (Å²) in [5.74, 6) is -4.64. The number of hydrogen-bond acceptors (Lipinski definition) is 6. The molecule has 3 unspecified atom stereocenters. The van der Waals surface area contributed by atoms with Gasteiger partial charge in [0.2, 0.25) is 17.7 Å². The maximum absolute atomic E-state index is 11.9. The molecule has 11 heteroatoms. The van der Waals surface area contributed by atoms with Crippen molar-refractivity contribution >= 4 is 29.7 Å². The fraction of sp³-hybridized carbons (Fsp3) is 0.667. The maximum Gasteiger partial charge on any atom is 0.326 e. The lowest BCUT2D eigenvalue weighted by Crippen LogP contribution is -2.53. The molecule has 7 N–H and O–H groups in total. The molecule has 11 nitrogen and oxygen atoms in total. The van der Waals surface area contributed by atoms with Gasteiger partial charge in [-0.1, -0.05) is 13.8 Å². The first-order chi connectivity index (χ1) is 12.0. The molecule has 0 saturated heterocycles. The molecule has 0 spiro atoms. The molecular weight excluding hydrogens is 348 g/mol. The summed E-state index contributed by atoms with van der Waals surface area (Å²) in [5, 5.41) is 24.3. The van der Waals surface area contributed by atoms with Crippen LogP contribution in [-0.4, -0.2) is 64.5 Å². The summed E-state index contributed by atoms with van der Waals surface area (Å²) in [5.41, 5.74) is 5.66. The largest absolute Gasteiger partial charge is 0.481 e. The molecule has 3 atom stereocenters. The van der Waals surface area contributed by atoms with E-state index in [-0.39, 0.29) is 12.3 Å². The van der Waals surface area contributed by atoms with Crippen molar-refractivity contribution in [3.05, 3.63) is 0 Å². The van der Waals surface area contributed by atoms with Gasteiger partial charge in [0.25, 0.3) is 0 Å². The van der Waals surface area contributed by atoms with Gasteiger partial charge < -0.3 is 31.9 Å². The van der Waals surface area contributed by atoms with Gasteiger partial charge in [-0.05, 0) is 19.3 Å². The minimum Gasteiger partial charge on any atom is -0.481 e. The Hall–Kier alpha value is -2.69. The summed E-state index contributed by atoms with van der Waals surface area (Å²) >= 11 is 0. The van der Waals surface area contributed by atoms with Crippen LogP contribution in [0, 0.1) is 5.92 Å². The summed E-state index contributed by atoms with van der Waals surface area (Å²) in [6.45, 7) is 4.39. The predicted molar refractivity (Wildman–Crippen MR) is 89.9 cm³/mol. The average molecular weight is 374 g/mol. The first-order valence-corrected chi connectivity index (χ1v) is 8.03. The van der Waals surface area contributed by atoms with E-state index in [1.807, 2.05) is 0 Å². The molecule has 0 aliphatic heterocycles. The van der Waals surface area contributed by atoms with E-state index in [0.29, 0.717) is 0 Å². The summed E-state index contributed by atoms with van der Waals surface area (Å²) in [6, 6.07) is -3.10. The Morgan fingerprint density at radius 1 is 0.962 bits per heavy atom. The summed E-state index contributed by atoms with van der Waals surface area (Å²) < 4.78 is 0. The highest BCUT2D eigenvalue weighted by atomic mass is 16.4. The van der Waals surface area contributed by atoms with Gasteiger partial charge in [0.1, 0.15) is 12.1 Å². The van der Waals surface area contributed by atoms with Gasteiger partial charge in [-0.15, -0.1) is 0 Å². The third kappa shape index (κ3) is 8.97. The first-order valence-electron chi connectivity index (χ1n) is 8.03. The van der Waals surface area contributed by atoms with Crippen molar-refractivity contribution in [1.29, 1.82) is 0 Å². The molecule has 3 amide bonds. The van der Waals surface area contributed by atoms with Gasteiger partial charge in [-0.25, -0.2) is 4.79 Å². The highest BCUT2D eigenvalue weighted by Crippen LogP contribution is 1.99. The van der Waals surface area contributed by atoms with Crippen LogP contribution in [0.15, 0.2) is 0 Å². The van der Waals surface area contributed by atoms with Crippen molar-refractivity contribution in [3.8, 4) is 0 Å². The number of carboxylic acid groups (broad SMARTS) is 2. The number of carbonyl (C=O) groups is 5. The quantitative estimate of drug-likeness (QED) is 0.240. The van der Waals surface area contributed by atoms with E-state index >= 15 is 0 Å². The molecule has 0 heterocycles. The third-order valence-electron chi connectivity index (χ3n) is 3.48. The molecular formula is C15H26N4O7. The Bertz CT molecular complexity index is 550. The van der Waals surface area contributed by atoms with E-state index < -0.39 is 60.8 Å². The van der Waals surface area contributed by atoms with Crippen LogP contribution in [0.1, 0.15) is 33.6 Å². The van der Waals surface area contributed by atoms with Crippen molar-refractivity contribution in [2.24, 2.45) is 11.7 Å².